The summed E-state index contributed by atoms with van der Waals surface area (Å²) >= 11 is 0. The average molecular weight is 603 g/mol. The molecule has 3 N–H and O–H groups in total. The first-order valence-corrected chi connectivity index (χ1v) is 16.3. The molecule has 5 aliphatic rings. The zero-order valence-electron chi connectivity index (χ0n) is 27.7. The van der Waals surface area contributed by atoms with E-state index in [-0.39, 0.29) is 29.1 Å². The molecule has 0 aromatic rings. The van der Waals surface area contributed by atoms with E-state index in [1.807, 2.05) is 13.8 Å². The minimum absolute atomic E-state index is 0.0283. The van der Waals surface area contributed by atoms with Gasteiger partial charge in [0.15, 0.2) is 6.79 Å². The van der Waals surface area contributed by atoms with Crippen molar-refractivity contribution in [1.82, 2.24) is 0 Å². The number of ether oxygens (including phenoxy) is 3. The zero-order chi connectivity index (χ0) is 31.9. The van der Waals surface area contributed by atoms with E-state index in [0.29, 0.717) is 13.0 Å². The minimum atomic E-state index is -1.00. The lowest BCUT2D eigenvalue weighted by atomic mass is 9.42. The number of aliphatic hydroxyl groups excluding tert-OH is 2. The Morgan fingerprint density at radius 2 is 1.86 bits per heavy atom. The van der Waals surface area contributed by atoms with Gasteiger partial charge in [0.2, 0.25) is 0 Å². The normalized spacial score (nSPS) is 42.3. The van der Waals surface area contributed by atoms with Gasteiger partial charge >= 0.3 is 11.9 Å². The van der Waals surface area contributed by atoms with E-state index in [1.54, 1.807) is 0 Å². The summed E-state index contributed by atoms with van der Waals surface area (Å²) in [6.07, 6.45) is 5.24. The summed E-state index contributed by atoms with van der Waals surface area (Å²) in [5, 5.41) is 32.5. The quantitative estimate of drug-likeness (QED) is 0.199. The number of carbonyl (C=O) groups is 2. The number of hydrogen-bond acceptors (Lipinski definition) is 8. The van der Waals surface area contributed by atoms with Crippen LogP contribution in [0.15, 0.2) is 22.8 Å². The number of carbonyl (C=O) groups excluding carboxylic acids is 2. The first-order chi connectivity index (χ1) is 19.9. The van der Waals surface area contributed by atoms with Gasteiger partial charge in [0, 0.05) is 12.3 Å². The summed E-state index contributed by atoms with van der Waals surface area (Å²) in [6, 6.07) is 0. The van der Waals surface area contributed by atoms with Crippen LogP contribution in [-0.2, 0) is 23.8 Å². The molecule has 0 spiro atoms. The molecule has 1 saturated carbocycles. The lowest BCUT2D eigenvalue weighted by Crippen LogP contribution is -2.61. The van der Waals surface area contributed by atoms with E-state index in [0.717, 1.165) is 37.7 Å². The Balaban J connectivity index is 1.54. The molecule has 0 aromatic carbocycles. The summed E-state index contributed by atoms with van der Waals surface area (Å²) in [7, 11) is 0. The highest BCUT2D eigenvalue weighted by atomic mass is 16.6. The predicted molar refractivity (Wildman–Crippen MR) is 161 cm³/mol. The SMILES string of the molecule is CC(=O)OC1C(O)C2=C(CCC3C2(C)CC(C(=O)OCO)C(C)C3(C)C)C2=CC[C@H](C(C)CCC3(C(C)(C)O)CO3)C21C. The van der Waals surface area contributed by atoms with Gasteiger partial charge in [0.1, 0.15) is 17.8 Å². The van der Waals surface area contributed by atoms with Gasteiger partial charge < -0.3 is 29.5 Å². The molecule has 0 radical (unpaired) electrons. The van der Waals surface area contributed by atoms with E-state index >= 15 is 0 Å². The van der Waals surface area contributed by atoms with E-state index in [4.69, 9.17) is 14.2 Å². The highest BCUT2D eigenvalue weighted by Crippen LogP contribution is 2.69. The molecule has 9 unspecified atom stereocenters. The summed E-state index contributed by atoms with van der Waals surface area (Å²) < 4.78 is 17.0. The molecule has 4 aliphatic carbocycles. The molecular weight excluding hydrogens is 548 g/mol. The summed E-state index contributed by atoms with van der Waals surface area (Å²) in [4.78, 5) is 25.8. The zero-order valence-corrected chi connectivity index (χ0v) is 27.7. The molecular formula is C35H54O8. The fraction of sp³-hybridized carbons (Fsp3) is 0.829. The maximum Gasteiger partial charge on any atom is 0.311 e. The first kappa shape index (κ1) is 32.6. The predicted octanol–water partition coefficient (Wildman–Crippen LogP) is 5.09. The maximum atomic E-state index is 13.1. The van der Waals surface area contributed by atoms with Gasteiger partial charge in [-0.3, -0.25) is 9.59 Å². The van der Waals surface area contributed by atoms with E-state index in [2.05, 4.69) is 47.6 Å². The van der Waals surface area contributed by atoms with Gasteiger partial charge in [-0.1, -0.05) is 47.6 Å². The van der Waals surface area contributed by atoms with Crippen LogP contribution in [0, 0.1) is 45.8 Å². The molecule has 0 bridgehead atoms. The Morgan fingerprint density at radius 3 is 2.42 bits per heavy atom. The minimum Gasteiger partial charge on any atom is -0.458 e. The molecule has 242 valence electrons. The Kier molecular flexibility index (Phi) is 8.10. The summed E-state index contributed by atoms with van der Waals surface area (Å²) in [5.41, 5.74) is 0.509. The lowest BCUT2D eigenvalue weighted by molar-refractivity contribution is -0.175. The topological polar surface area (TPSA) is 126 Å². The Bertz CT molecular complexity index is 1200. The summed E-state index contributed by atoms with van der Waals surface area (Å²) in [6.45, 7) is 18.0. The van der Waals surface area contributed by atoms with Crippen LogP contribution in [-0.4, -0.2) is 64.1 Å². The third-order valence-electron chi connectivity index (χ3n) is 13.2. The van der Waals surface area contributed by atoms with Crippen LogP contribution < -0.4 is 0 Å². The number of fused-ring (bicyclic) bond motifs is 4. The van der Waals surface area contributed by atoms with Gasteiger partial charge in [0.05, 0.1) is 18.1 Å². The van der Waals surface area contributed by atoms with Crippen LogP contribution in [0.2, 0.25) is 0 Å². The Labute approximate surface area is 257 Å². The molecule has 8 heteroatoms. The van der Waals surface area contributed by atoms with Crippen LogP contribution in [0.4, 0.5) is 0 Å². The Hall–Kier alpha value is -1.74. The van der Waals surface area contributed by atoms with Crippen LogP contribution in [0.1, 0.15) is 101 Å². The van der Waals surface area contributed by atoms with Crippen LogP contribution in [0.25, 0.3) is 0 Å². The molecule has 43 heavy (non-hydrogen) atoms. The molecule has 0 aromatic heterocycles. The fourth-order valence-electron chi connectivity index (χ4n) is 10.4. The van der Waals surface area contributed by atoms with Gasteiger partial charge in [-0.15, -0.1) is 0 Å². The third kappa shape index (κ3) is 4.85. The van der Waals surface area contributed by atoms with Crippen LogP contribution >= 0.6 is 0 Å². The van der Waals surface area contributed by atoms with Gasteiger partial charge in [-0.25, -0.2) is 0 Å². The van der Waals surface area contributed by atoms with Crippen molar-refractivity contribution in [3.05, 3.63) is 22.8 Å². The second-order valence-corrected chi connectivity index (χ2v) is 16.0. The molecule has 1 saturated heterocycles. The number of epoxide rings is 1. The smallest absolute Gasteiger partial charge is 0.311 e. The molecule has 0 amide bonds. The average Bonchev–Trinajstić information content (AvgIpc) is 3.63. The molecule has 5 rings (SSSR count). The molecule has 8 nitrogen and oxygen atoms in total. The second kappa shape index (κ2) is 10.7. The molecule has 1 heterocycles. The lowest BCUT2D eigenvalue weighted by Gasteiger charge is -2.62. The number of rotatable bonds is 8. The number of aliphatic hydroxyl groups is 3. The van der Waals surface area contributed by atoms with E-state index in [1.165, 1.54) is 18.1 Å². The van der Waals surface area contributed by atoms with Gasteiger partial charge in [0.25, 0.3) is 0 Å². The second-order valence-electron chi connectivity index (χ2n) is 16.0. The highest BCUT2D eigenvalue weighted by molar-refractivity contribution is 5.73. The van der Waals surface area contributed by atoms with Crippen LogP contribution in [0.3, 0.4) is 0 Å². The highest BCUT2D eigenvalue weighted by Gasteiger charge is 2.65. The Morgan fingerprint density at radius 1 is 1.21 bits per heavy atom. The van der Waals surface area contributed by atoms with Crippen molar-refractivity contribution in [2.24, 2.45) is 45.8 Å². The van der Waals surface area contributed by atoms with Crippen molar-refractivity contribution in [1.29, 1.82) is 0 Å². The summed E-state index contributed by atoms with van der Waals surface area (Å²) in [5.74, 6) is -0.653. The monoisotopic (exact) mass is 602 g/mol. The van der Waals surface area contributed by atoms with Crippen molar-refractivity contribution in [2.75, 3.05) is 13.4 Å². The maximum absolute atomic E-state index is 13.1. The first-order valence-electron chi connectivity index (χ1n) is 16.3. The van der Waals surface area contributed by atoms with E-state index < -0.39 is 58.9 Å². The van der Waals surface area contributed by atoms with Crippen molar-refractivity contribution in [2.45, 2.75) is 124 Å². The van der Waals surface area contributed by atoms with Gasteiger partial charge in [-0.05, 0) is 104 Å². The van der Waals surface area contributed by atoms with Crippen LogP contribution in [0.5, 0.6) is 0 Å². The fourth-order valence-corrected chi connectivity index (χ4v) is 10.4. The molecule has 2 fully saturated rings. The van der Waals surface area contributed by atoms with Crippen molar-refractivity contribution >= 4 is 11.9 Å². The number of allylic oxidation sites excluding steroid dienone is 2. The number of hydrogen-bond donors (Lipinski definition) is 3. The molecule has 10 atom stereocenters. The van der Waals surface area contributed by atoms with Crippen molar-refractivity contribution < 1.29 is 39.1 Å². The number of esters is 2. The van der Waals surface area contributed by atoms with E-state index in [9.17, 15) is 24.9 Å². The van der Waals surface area contributed by atoms with Gasteiger partial charge in [-0.2, -0.15) is 0 Å². The van der Waals surface area contributed by atoms with Crippen molar-refractivity contribution in [3.8, 4) is 0 Å². The molecule has 1 aliphatic heterocycles. The van der Waals surface area contributed by atoms with Crippen molar-refractivity contribution in [3.63, 3.8) is 0 Å². The standard InChI is InChI=1S/C35H54O8/c1-19(14-15-35(17-42-35)32(6,7)40)24-11-12-25-22-10-13-26-31(4,5)20(2)23(30(39)41-18-36)16-33(26,8)27(22)28(38)29(34(24,25)9)43-21(3)37/h12,19-20,23-24,26,28-29,36,38,40H,10-11,13-18H2,1-9H3/t19?,20?,23?,24-,26?,28?,29?,33?,34?,35?/m1/s1. The largest absolute Gasteiger partial charge is 0.458 e. The third-order valence-corrected chi connectivity index (χ3v) is 13.2.